The van der Waals surface area contributed by atoms with Crippen molar-refractivity contribution in [3.8, 4) is 0 Å². The normalized spacial score (nSPS) is 14.0. The van der Waals surface area contributed by atoms with Crippen molar-refractivity contribution >= 4 is 35.5 Å². The number of carboxylic acids is 1. The van der Waals surface area contributed by atoms with Gasteiger partial charge in [0, 0.05) is 0 Å². The lowest BCUT2D eigenvalue weighted by molar-refractivity contribution is -0.142. The van der Waals surface area contributed by atoms with Crippen LogP contribution in [-0.4, -0.2) is 72.0 Å². The van der Waals surface area contributed by atoms with Crippen molar-refractivity contribution in [2.75, 3.05) is 25.1 Å². The molecule has 0 fully saturated rings. The molecular weight excluding hydrogens is 398 g/mol. The third kappa shape index (κ3) is 11.7. The lowest BCUT2D eigenvalue weighted by Crippen LogP contribution is -2.55. The number of nitrogens with one attached hydrogen (secondary N) is 3. The van der Waals surface area contributed by atoms with Gasteiger partial charge in [0.15, 0.2) is 0 Å². The molecule has 0 aliphatic rings. The van der Waals surface area contributed by atoms with Gasteiger partial charge in [-0.25, -0.2) is 4.79 Å². The van der Waals surface area contributed by atoms with Crippen molar-refractivity contribution in [3.63, 3.8) is 0 Å². The predicted molar refractivity (Wildman–Crippen MR) is 113 cm³/mol. The van der Waals surface area contributed by atoms with E-state index in [1.165, 1.54) is 0 Å². The van der Waals surface area contributed by atoms with Crippen LogP contribution in [-0.2, 0) is 19.2 Å². The maximum absolute atomic E-state index is 12.4. The van der Waals surface area contributed by atoms with Crippen LogP contribution in [0.3, 0.4) is 0 Å². The quantitative estimate of drug-likeness (QED) is 0.179. The number of nitrogens with two attached hydrogens (primary N) is 2. The van der Waals surface area contributed by atoms with Gasteiger partial charge in [0.25, 0.3) is 0 Å². The lowest BCUT2D eigenvalue weighted by Gasteiger charge is -2.23. The second-order valence-corrected chi connectivity index (χ2v) is 8.06. The lowest BCUT2D eigenvalue weighted by atomic mass is 10.0. The van der Waals surface area contributed by atoms with Crippen molar-refractivity contribution in [3.05, 3.63) is 0 Å². The average molecular weight is 434 g/mol. The number of carbonyl (C=O) groups is 4. The van der Waals surface area contributed by atoms with Crippen molar-refractivity contribution < 1.29 is 24.3 Å². The van der Waals surface area contributed by atoms with Gasteiger partial charge in [-0.1, -0.05) is 13.8 Å². The molecule has 0 bridgehead atoms. The van der Waals surface area contributed by atoms with Gasteiger partial charge in [0.2, 0.25) is 17.7 Å². The van der Waals surface area contributed by atoms with Crippen LogP contribution in [0.1, 0.15) is 39.5 Å². The second kappa shape index (κ2) is 15.1. The summed E-state index contributed by atoms with van der Waals surface area (Å²) in [4.78, 5) is 47.8. The number of carboxylic acid groups (broad SMARTS) is 1. The van der Waals surface area contributed by atoms with Crippen LogP contribution in [0, 0.1) is 5.92 Å². The predicted octanol–water partition coefficient (Wildman–Crippen LogP) is -0.978. The summed E-state index contributed by atoms with van der Waals surface area (Å²) < 4.78 is 0. The van der Waals surface area contributed by atoms with Crippen molar-refractivity contribution in [1.29, 1.82) is 0 Å². The van der Waals surface area contributed by atoms with Crippen molar-refractivity contribution in [2.45, 2.75) is 57.7 Å². The van der Waals surface area contributed by atoms with Crippen molar-refractivity contribution in [1.82, 2.24) is 16.0 Å². The van der Waals surface area contributed by atoms with Gasteiger partial charge in [0.05, 0.1) is 12.6 Å². The van der Waals surface area contributed by atoms with Gasteiger partial charge in [-0.15, -0.1) is 0 Å². The highest BCUT2D eigenvalue weighted by molar-refractivity contribution is 7.98. The molecule has 3 atom stereocenters. The Kier molecular flexibility index (Phi) is 14.1. The Bertz CT molecular complexity index is 547. The zero-order chi connectivity index (χ0) is 22.4. The number of aliphatic carboxylic acids is 1. The average Bonchev–Trinajstić information content (AvgIpc) is 2.66. The van der Waals surface area contributed by atoms with Crippen LogP contribution in [0.4, 0.5) is 0 Å². The molecule has 29 heavy (non-hydrogen) atoms. The molecule has 0 aromatic carbocycles. The third-order valence-corrected chi connectivity index (χ3v) is 4.86. The molecule has 0 aliphatic carbocycles. The summed E-state index contributed by atoms with van der Waals surface area (Å²) in [6.07, 6.45) is 3.88. The molecule has 0 saturated carbocycles. The van der Waals surface area contributed by atoms with Gasteiger partial charge in [0.1, 0.15) is 12.1 Å². The molecular formula is C18H35N5O5S. The molecule has 168 valence electrons. The molecule has 0 aromatic rings. The van der Waals surface area contributed by atoms with E-state index in [0.717, 1.165) is 5.75 Å². The molecule has 11 heteroatoms. The fraction of sp³-hybridized carbons (Fsp3) is 0.778. The Morgan fingerprint density at radius 3 is 2.21 bits per heavy atom. The Hall–Kier alpha value is -1.85. The number of carbonyl (C=O) groups excluding carboxylic acids is 3. The maximum Gasteiger partial charge on any atom is 0.326 e. The highest BCUT2D eigenvalue weighted by Crippen LogP contribution is 2.05. The summed E-state index contributed by atoms with van der Waals surface area (Å²) >= 11 is 1.57. The van der Waals surface area contributed by atoms with Gasteiger partial charge in [-0.05, 0) is 50.2 Å². The minimum Gasteiger partial charge on any atom is -0.480 e. The number of amides is 3. The molecule has 8 N–H and O–H groups in total. The van der Waals surface area contributed by atoms with Gasteiger partial charge < -0.3 is 32.5 Å². The molecule has 3 unspecified atom stereocenters. The number of hydrogen-bond donors (Lipinski definition) is 6. The minimum absolute atomic E-state index is 0.224. The third-order valence-electron chi connectivity index (χ3n) is 4.22. The standard InChI is InChI=1S/C18H35N5O5S/c1-11(2)15(23-16(25)12(20)7-9-29-3)17(26)21-10-14(24)22-13(18(27)28)6-4-5-8-19/h11-13,15H,4-10,19-20H2,1-3H3,(H,21,26)(H,22,24)(H,23,25)(H,27,28). The van der Waals surface area contributed by atoms with Crippen LogP contribution >= 0.6 is 11.8 Å². The molecule has 0 aromatic heterocycles. The molecule has 0 heterocycles. The van der Waals surface area contributed by atoms with E-state index in [-0.39, 0.29) is 12.3 Å². The monoisotopic (exact) mass is 433 g/mol. The number of hydrogen-bond acceptors (Lipinski definition) is 7. The van der Waals surface area contributed by atoms with Gasteiger partial charge >= 0.3 is 5.97 Å². The summed E-state index contributed by atoms with van der Waals surface area (Å²) in [6.45, 7) is 3.57. The molecule has 0 aliphatic heterocycles. The second-order valence-electron chi connectivity index (χ2n) is 7.08. The number of unbranched alkanes of at least 4 members (excludes halogenated alkanes) is 1. The zero-order valence-electron chi connectivity index (χ0n) is 17.4. The summed E-state index contributed by atoms with van der Waals surface area (Å²) in [6, 6.07) is -2.61. The van der Waals surface area contributed by atoms with E-state index in [9.17, 15) is 24.3 Å². The molecule has 0 radical (unpaired) electrons. The summed E-state index contributed by atoms with van der Waals surface area (Å²) in [5.74, 6) is -2.22. The smallest absolute Gasteiger partial charge is 0.326 e. The Morgan fingerprint density at radius 2 is 1.69 bits per heavy atom. The van der Waals surface area contributed by atoms with Gasteiger partial charge in [-0.3, -0.25) is 14.4 Å². The molecule has 3 amide bonds. The van der Waals surface area contributed by atoms with Crippen LogP contribution in [0.5, 0.6) is 0 Å². The van der Waals surface area contributed by atoms with E-state index in [1.54, 1.807) is 25.6 Å². The first-order chi connectivity index (χ1) is 13.6. The Morgan fingerprint density at radius 1 is 1.03 bits per heavy atom. The topological polar surface area (TPSA) is 177 Å². The van der Waals surface area contributed by atoms with Crippen LogP contribution in [0.2, 0.25) is 0 Å². The van der Waals surface area contributed by atoms with E-state index >= 15 is 0 Å². The summed E-state index contributed by atoms with van der Waals surface area (Å²) in [5, 5.41) is 16.6. The Labute approximate surface area is 176 Å². The first-order valence-electron chi connectivity index (χ1n) is 9.68. The summed E-state index contributed by atoms with van der Waals surface area (Å²) in [7, 11) is 0. The number of rotatable bonds is 15. The first kappa shape index (κ1) is 27.1. The highest BCUT2D eigenvalue weighted by atomic mass is 32.2. The summed E-state index contributed by atoms with van der Waals surface area (Å²) in [5.41, 5.74) is 11.2. The van der Waals surface area contributed by atoms with Crippen LogP contribution < -0.4 is 27.4 Å². The SMILES string of the molecule is CSCCC(N)C(=O)NC(C(=O)NCC(=O)NC(CCCCN)C(=O)O)C(C)C. The molecule has 0 rings (SSSR count). The Balaban J connectivity index is 4.65. The highest BCUT2D eigenvalue weighted by Gasteiger charge is 2.27. The van der Waals surface area contributed by atoms with E-state index in [2.05, 4.69) is 16.0 Å². The van der Waals surface area contributed by atoms with E-state index in [0.29, 0.717) is 25.8 Å². The van der Waals surface area contributed by atoms with E-state index in [1.807, 2.05) is 6.26 Å². The van der Waals surface area contributed by atoms with Crippen LogP contribution in [0.25, 0.3) is 0 Å². The minimum atomic E-state index is -1.15. The maximum atomic E-state index is 12.4. The molecule has 10 nitrogen and oxygen atoms in total. The molecule has 0 spiro atoms. The largest absolute Gasteiger partial charge is 0.480 e. The fourth-order valence-corrected chi connectivity index (χ4v) is 2.93. The zero-order valence-corrected chi connectivity index (χ0v) is 18.2. The van der Waals surface area contributed by atoms with Crippen molar-refractivity contribution in [2.24, 2.45) is 17.4 Å². The first-order valence-corrected chi connectivity index (χ1v) is 11.1. The van der Waals surface area contributed by atoms with E-state index in [4.69, 9.17) is 11.5 Å². The molecule has 0 saturated heterocycles. The van der Waals surface area contributed by atoms with Gasteiger partial charge in [-0.2, -0.15) is 11.8 Å². The van der Waals surface area contributed by atoms with Crippen LogP contribution in [0.15, 0.2) is 0 Å². The number of thioether (sulfide) groups is 1. The van der Waals surface area contributed by atoms with E-state index < -0.39 is 48.4 Å². The fourth-order valence-electron chi connectivity index (χ4n) is 2.44.